The summed E-state index contributed by atoms with van der Waals surface area (Å²) in [5.74, 6) is 1.06. The summed E-state index contributed by atoms with van der Waals surface area (Å²) in [5.41, 5.74) is 0.737. The molecule has 0 aliphatic heterocycles. The Morgan fingerprint density at radius 2 is 1.62 bits per heavy atom. The van der Waals surface area contributed by atoms with Crippen molar-refractivity contribution < 1.29 is 28.6 Å². The maximum atomic E-state index is 12.7. The molecule has 11 nitrogen and oxygen atoms in total. The molecule has 3 amide bonds. The largest absolute Gasteiger partial charge is 0.457 e. The van der Waals surface area contributed by atoms with Gasteiger partial charge in [0, 0.05) is 36.9 Å². The summed E-state index contributed by atoms with van der Waals surface area (Å²) in [5, 5.41) is 5.72. The Labute approximate surface area is 225 Å². The summed E-state index contributed by atoms with van der Waals surface area (Å²) in [7, 11) is 0. The zero-order valence-corrected chi connectivity index (χ0v) is 21.6. The summed E-state index contributed by atoms with van der Waals surface area (Å²) in [6, 6.07) is 18.2. The molecule has 0 radical (unpaired) electrons. The molecule has 0 bridgehead atoms. The number of carbonyl (C=O) groups excluding carboxylic acids is 3. The standard InChI is InChI=1S/C28H29N5O6/c1-3-32(4-2)17-15-30-26(34)33-16-13-20-18-22(10-11-24(20)33)37-23-12-14-29-25(19-23)39-28(36)31-27(35)38-21-8-6-5-7-9-21/h5-14,16,18-19H,3-4,15,17H2,1-2H3,(H,30,34)(H,31,35,36). The highest BCUT2D eigenvalue weighted by Crippen LogP contribution is 2.27. The molecule has 4 aromatic rings. The second-order valence-corrected chi connectivity index (χ2v) is 8.31. The van der Waals surface area contributed by atoms with Crippen molar-refractivity contribution in [3.63, 3.8) is 0 Å². The number of fused-ring (bicyclic) bond motifs is 1. The number of nitrogens with one attached hydrogen (secondary N) is 2. The lowest BCUT2D eigenvalue weighted by atomic mass is 10.2. The average molecular weight is 532 g/mol. The van der Waals surface area contributed by atoms with Gasteiger partial charge in [-0.3, -0.25) is 4.57 Å². The van der Waals surface area contributed by atoms with Crippen LogP contribution in [-0.4, -0.2) is 58.8 Å². The molecular formula is C28H29N5O6. The van der Waals surface area contributed by atoms with Crippen molar-refractivity contribution in [1.82, 2.24) is 25.1 Å². The van der Waals surface area contributed by atoms with E-state index in [-0.39, 0.29) is 17.7 Å². The van der Waals surface area contributed by atoms with Crippen molar-refractivity contribution in [2.24, 2.45) is 0 Å². The van der Waals surface area contributed by atoms with Gasteiger partial charge in [-0.25, -0.2) is 24.7 Å². The Morgan fingerprint density at radius 1 is 0.872 bits per heavy atom. The number of aromatic nitrogens is 2. The van der Waals surface area contributed by atoms with E-state index in [1.54, 1.807) is 65.4 Å². The van der Waals surface area contributed by atoms with Crippen molar-refractivity contribution in [3.8, 4) is 23.1 Å². The highest BCUT2D eigenvalue weighted by molar-refractivity contribution is 5.92. The second-order valence-electron chi connectivity index (χ2n) is 8.31. The van der Waals surface area contributed by atoms with Crippen molar-refractivity contribution >= 4 is 29.1 Å². The van der Waals surface area contributed by atoms with E-state index < -0.39 is 12.2 Å². The van der Waals surface area contributed by atoms with E-state index in [0.29, 0.717) is 18.0 Å². The molecule has 0 unspecified atom stereocenters. The van der Waals surface area contributed by atoms with Crippen LogP contribution in [0.25, 0.3) is 10.9 Å². The minimum Gasteiger partial charge on any atom is -0.457 e. The predicted molar refractivity (Wildman–Crippen MR) is 144 cm³/mol. The van der Waals surface area contributed by atoms with E-state index >= 15 is 0 Å². The highest BCUT2D eigenvalue weighted by atomic mass is 16.6. The summed E-state index contributed by atoms with van der Waals surface area (Å²) in [4.78, 5) is 42.8. The van der Waals surface area contributed by atoms with Crippen LogP contribution in [0.2, 0.25) is 0 Å². The minimum absolute atomic E-state index is 0.0777. The monoisotopic (exact) mass is 531 g/mol. The van der Waals surface area contributed by atoms with Crippen molar-refractivity contribution in [2.75, 3.05) is 26.2 Å². The Balaban J connectivity index is 1.33. The number of carbonyl (C=O) groups is 3. The number of ether oxygens (including phenoxy) is 3. The first-order chi connectivity index (χ1) is 18.9. The summed E-state index contributed by atoms with van der Waals surface area (Å²) in [6.45, 7) is 7.39. The van der Waals surface area contributed by atoms with E-state index in [9.17, 15) is 14.4 Å². The van der Waals surface area contributed by atoms with Crippen LogP contribution in [-0.2, 0) is 0 Å². The van der Waals surface area contributed by atoms with Crippen LogP contribution in [0.5, 0.6) is 23.1 Å². The topological polar surface area (TPSA) is 124 Å². The van der Waals surface area contributed by atoms with Gasteiger partial charge < -0.3 is 24.4 Å². The molecule has 0 aliphatic carbocycles. The van der Waals surface area contributed by atoms with Gasteiger partial charge in [0.2, 0.25) is 5.88 Å². The van der Waals surface area contributed by atoms with Crippen molar-refractivity contribution in [2.45, 2.75) is 13.8 Å². The minimum atomic E-state index is -1.06. The third kappa shape index (κ3) is 7.55. The Bertz CT molecular complexity index is 1430. The second kappa shape index (κ2) is 13.1. The molecule has 11 heteroatoms. The molecule has 0 aliphatic rings. The molecule has 2 N–H and O–H groups in total. The highest BCUT2D eigenvalue weighted by Gasteiger charge is 2.14. The lowest BCUT2D eigenvalue weighted by Gasteiger charge is -2.18. The van der Waals surface area contributed by atoms with Crippen LogP contribution in [0.4, 0.5) is 14.4 Å². The van der Waals surface area contributed by atoms with Gasteiger partial charge in [-0.15, -0.1) is 0 Å². The number of imide groups is 1. The SMILES string of the molecule is CCN(CC)CCNC(=O)n1ccc2cc(Oc3ccnc(OC(=O)NC(=O)Oc4ccccc4)c3)ccc21. The number of hydrogen-bond acceptors (Lipinski definition) is 8. The summed E-state index contributed by atoms with van der Waals surface area (Å²) < 4.78 is 17.5. The van der Waals surface area contributed by atoms with Crippen molar-refractivity contribution in [3.05, 3.63) is 79.1 Å². The molecule has 4 rings (SSSR count). The van der Waals surface area contributed by atoms with Crippen LogP contribution in [0.1, 0.15) is 13.8 Å². The van der Waals surface area contributed by atoms with E-state index in [1.807, 2.05) is 11.4 Å². The van der Waals surface area contributed by atoms with Crippen LogP contribution in [0.3, 0.4) is 0 Å². The number of hydrogen-bond donors (Lipinski definition) is 2. The van der Waals surface area contributed by atoms with Gasteiger partial charge >= 0.3 is 18.2 Å². The zero-order valence-electron chi connectivity index (χ0n) is 21.6. The lowest BCUT2D eigenvalue weighted by molar-refractivity contribution is 0.180. The Kier molecular flexibility index (Phi) is 9.09. The lowest BCUT2D eigenvalue weighted by Crippen LogP contribution is -2.36. The number of nitrogens with zero attached hydrogens (tertiary/aromatic N) is 3. The molecule has 2 heterocycles. The van der Waals surface area contributed by atoms with E-state index in [1.165, 1.54) is 12.3 Å². The van der Waals surface area contributed by atoms with Crippen LogP contribution in [0.15, 0.2) is 79.1 Å². The molecule has 0 atom stereocenters. The average Bonchev–Trinajstić information content (AvgIpc) is 3.35. The number of rotatable bonds is 9. The summed E-state index contributed by atoms with van der Waals surface area (Å²) in [6.07, 6.45) is 1.06. The smallest absolute Gasteiger partial charge is 0.423 e. The fraction of sp³-hybridized carbons (Fsp3) is 0.214. The van der Waals surface area contributed by atoms with Gasteiger partial charge in [-0.2, -0.15) is 0 Å². The van der Waals surface area contributed by atoms with E-state index in [2.05, 4.69) is 29.0 Å². The third-order valence-electron chi connectivity index (χ3n) is 5.78. The maximum Gasteiger partial charge on any atom is 0.423 e. The summed E-state index contributed by atoms with van der Waals surface area (Å²) >= 11 is 0. The van der Waals surface area contributed by atoms with Gasteiger partial charge in [0.15, 0.2) is 0 Å². The molecule has 202 valence electrons. The molecule has 0 fully saturated rings. The molecule has 0 spiro atoms. The number of amides is 3. The Hall–Kier alpha value is -4.90. The van der Waals surface area contributed by atoms with Gasteiger partial charge in [0.05, 0.1) is 5.52 Å². The van der Waals surface area contributed by atoms with Gasteiger partial charge in [-0.1, -0.05) is 32.0 Å². The van der Waals surface area contributed by atoms with Gasteiger partial charge in [0.25, 0.3) is 0 Å². The van der Waals surface area contributed by atoms with E-state index in [0.717, 1.165) is 30.5 Å². The molecule has 2 aromatic carbocycles. The van der Waals surface area contributed by atoms with Gasteiger partial charge in [-0.05, 0) is 55.6 Å². The molecule has 0 saturated carbocycles. The third-order valence-corrected chi connectivity index (χ3v) is 5.78. The first-order valence-corrected chi connectivity index (χ1v) is 12.5. The zero-order chi connectivity index (χ0) is 27.6. The fourth-order valence-corrected chi connectivity index (χ4v) is 3.78. The first kappa shape index (κ1) is 27.1. The van der Waals surface area contributed by atoms with Crippen LogP contribution in [0, 0.1) is 0 Å². The molecule has 2 aromatic heterocycles. The number of benzene rings is 2. The first-order valence-electron chi connectivity index (χ1n) is 12.5. The predicted octanol–water partition coefficient (Wildman–Crippen LogP) is 5.02. The van der Waals surface area contributed by atoms with Crippen molar-refractivity contribution in [1.29, 1.82) is 0 Å². The fourth-order valence-electron chi connectivity index (χ4n) is 3.78. The maximum absolute atomic E-state index is 12.7. The molecular weight excluding hydrogens is 502 g/mol. The van der Waals surface area contributed by atoms with Gasteiger partial charge in [0.1, 0.15) is 17.2 Å². The number of para-hydroxylation sites is 1. The quantitative estimate of drug-likeness (QED) is 0.309. The molecule has 0 saturated heterocycles. The molecule has 39 heavy (non-hydrogen) atoms. The van der Waals surface area contributed by atoms with Crippen LogP contribution < -0.4 is 24.8 Å². The Morgan fingerprint density at radius 3 is 2.38 bits per heavy atom. The number of pyridine rings is 1. The normalized spacial score (nSPS) is 10.7. The van der Waals surface area contributed by atoms with Crippen LogP contribution >= 0.6 is 0 Å². The van der Waals surface area contributed by atoms with E-state index in [4.69, 9.17) is 14.2 Å². The number of likely N-dealkylation sites (N-methyl/N-ethyl adjacent to an activating group) is 1.